The molecule has 1 fully saturated rings. The van der Waals surface area contributed by atoms with Crippen LogP contribution in [-0.4, -0.2) is 16.9 Å². The third-order valence-electron chi connectivity index (χ3n) is 3.81. The molecule has 1 amide bonds. The number of pyridine rings is 1. The highest BCUT2D eigenvalue weighted by atomic mass is 19.1. The number of nitrogens with one attached hydrogen (secondary N) is 2. The molecule has 1 unspecified atom stereocenters. The van der Waals surface area contributed by atoms with Gasteiger partial charge in [-0.25, -0.2) is 15.2 Å². The molecular formula is C14H21FN4O. The van der Waals surface area contributed by atoms with Gasteiger partial charge in [0.2, 0.25) is 0 Å². The zero-order valence-electron chi connectivity index (χ0n) is 11.9. The molecule has 0 bridgehead atoms. The zero-order chi connectivity index (χ0) is 14.8. The van der Waals surface area contributed by atoms with Gasteiger partial charge in [-0.2, -0.15) is 0 Å². The second-order valence-electron chi connectivity index (χ2n) is 6.10. The van der Waals surface area contributed by atoms with Gasteiger partial charge in [0, 0.05) is 12.2 Å². The smallest absolute Gasteiger partial charge is 0.254 e. The number of aromatic nitrogens is 1. The summed E-state index contributed by atoms with van der Waals surface area (Å²) in [6.45, 7) is 4.38. The van der Waals surface area contributed by atoms with Crippen molar-refractivity contribution in [2.24, 2.45) is 11.3 Å². The number of hydrogen-bond acceptors (Lipinski definition) is 4. The first-order valence-corrected chi connectivity index (χ1v) is 6.85. The lowest BCUT2D eigenvalue weighted by Gasteiger charge is -2.35. The molecule has 1 aromatic rings. The van der Waals surface area contributed by atoms with Crippen molar-refractivity contribution in [1.29, 1.82) is 0 Å². The van der Waals surface area contributed by atoms with Crippen molar-refractivity contribution in [1.82, 2.24) is 10.3 Å². The molecule has 0 spiro atoms. The van der Waals surface area contributed by atoms with Gasteiger partial charge >= 0.3 is 0 Å². The van der Waals surface area contributed by atoms with Gasteiger partial charge in [-0.1, -0.05) is 20.3 Å². The Bertz CT molecular complexity index is 504. The Balaban J connectivity index is 2.09. The number of nitrogen functional groups attached to an aromatic ring is 1. The second kappa shape index (κ2) is 5.75. The quantitative estimate of drug-likeness (QED) is 0.586. The lowest BCUT2D eigenvalue weighted by Crippen LogP contribution is -2.41. The van der Waals surface area contributed by atoms with Crippen LogP contribution >= 0.6 is 0 Å². The average Bonchev–Trinajstić information content (AvgIpc) is 2.37. The third kappa shape index (κ3) is 3.25. The summed E-state index contributed by atoms with van der Waals surface area (Å²) < 4.78 is 14.0. The van der Waals surface area contributed by atoms with Crippen molar-refractivity contribution in [2.75, 3.05) is 5.43 Å². The van der Waals surface area contributed by atoms with E-state index in [9.17, 15) is 9.18 Å². The van der Waals surface area contributed by atoms with Crippen molar-refractivity contribution in [2.45, 2.75) is 45.6 Å². The van der Waals surface area contributed by atoms with E-state index in [-0.39, 0.29) is 22.8 Å². The number of nitrogens with zero attached hydrogens (tertiary/aromatic N) is 1. The molecule has 0 aromatic carbocycles. The number of rotatable bonds is 3. The lowest BCUT2D eigenvalue weighted by atomic mass is 9.75. The van der Waals surface area contributed by atoms with Gasteiger partial charge < -0.3 is 10.7 Å². The van der Waals surface area contributed by atoms with Crippen molar-refractivity contribution in [3.63, 3.8) is 0 Å². The summed E-state index contributed by atoms with van der Waals surface area (Å²) in [5.41, 5.74) is 2.33. The summed E-state index contributed by atoms with van der Waals surface area (Å²) >= 11 is 0. The Kier molecular flexibility index (Phi) is 4.23. The molecule has 4 N–H and O–H groups in total. The van der Waals surface area contributed by atoms with Crippen LogP contribution in [0.3, 0.4) is 0 Å². The molecule has 110 valence electrons. The Morgan fingerprint density at radius 2 is 2.30 bits per heavy atom. The van der Waals surface area contributed by atoms with Crippen LogP contribution < -0.4 is 16.6 Å². The van der Waals surface area contributed by atoms with Crippen molar-refractivity contribution in [3.8, 4) is 0 Å². The number of carbonyl (C=O) groups excluding carboxylic acids is 1. The molecule has 0 aliphatic heterocycles. The maximum atomic E-state index is 14.0. The fraction of sp³-hybridized carbons (Fsp3) is 0.571. The number of hydrogen-bond donors (Lipinski definition) is 3. The van der Waals surface area contributed by atoms with E-state index in [1.807, 2.05) is 0 Å². The number of halogens is 1. The standard InChI is InChI=1S/C14H21FN4O/c1-14(2)6-3-4-9(8-14)18-13(20)10-5-7-17-12(19-16)11(10)15/h5,7,9H,3-4,6,8,16H2,1-2H3,(H,17,19)(H,18,20). The minimum absolute atomic E-state index is 0.0312. The Morgan fingerprint density at radius 3 is 2.95 bits per heavy atom. The fourth-order valence-corrected chi connectivity index (χ4v) is 2.80. The highest BCUT2D eigenvalue weighted by Gasteiger charge is 2.29. The largest absolute Gasteiger partial charge is 0.349 e. The maximum absolute atomic E-state index is 14.0. The van der Waals surface area contributed by atoms with Gasteiger partial charge in [-0.15, -0.1) is 0 Å². The summed E-state index contributed by atoms with van der Waals surface area (Å²) in [7, 11) is 0. The summed E-state index contributed by atoms with van der Waals surface area (Å²) in [6, 6.07) is 1.45. The van der Waals surface area contributed by atoms with E-state index in [1.54, 1.807) is 0 Å². The van der Waals surface area contributed by atoms with Crippen molar-refractivity contribution < 1.29 is 9.18 Å². The predicted octanol–water partition coefficient (Wildman–Crippen LogP) is 2.20. The van der Waals surface area contributed by atoms with Crippen LogP contribution in [0.15, 0.2) is 12.3 Å². The van der Waals surface area contributed by atoms with E-state index in [0.29, 0.717) is 0 Å². The number of anilines is 1. The summed E-state index contributed by atoms with van der Waals surface area (Å²) in [4.78, 5) is 15.9. The van der Waals surface area contributed by atoms with Crippen molar-refractivity contribution >= 4 is 11.7 Å². The Morgan fingerprint density at radius 1 is 1.55 bits per heavy atom. The predicted molar refractivity (Wildman–Crippen MR) is 75.5 cm³/mol. The van der Waals surface area contributed by atoms with E-state index >= 15 is 0 Å². The van der Waals surface area contributed by atoms with Crippen LogP contribution in [-0.2, 0) is 0 Å². The minimum atomic E-state index is -0.720. The first kappa shape index (κ1) is 14.7. The van der Waals surface area contributed by atoms with Crippen LogP contribution in [0.1, 0.15) is 49.9 Å². The molecule has 1 aliphatic carbocycles. The molecule has 5 nitrogen and oxygen atoms in total. The van der Waals surface area contributed by atoms with E-state index in [2.05, 4.69) is 29.6 Å². The van der Waals surface area contributed by atoms with Crippen molar-refractivity contribution in [3.05, 3.63) is 23.6 Å². The highest BCUT2D eigenvalue weighted by molar-refractivity contribution is 5.95. The first-order valence-electron chi connectivity index (χ1n) is 6.85. The van der Waals surface area contributed by atoms with Gasteiger partial charge in [0.1, 0.15) is 0 Å². The molecule has 1 heterocycles. The molecule has 1 saturated carbocycles. The van der Waals surface area contributed by atoms with E-state index in [0.717, 1.165) is 25.7 Å². The van der Waals surface area contributed by atoms with Gasteiger partial charge in [-0.05, 0) is 30.7 Å². The fourth-order valence-electron chi connectivity index (χ4n) is 2.80. The molecule has 2 rings (SSSR count). The van der Waals surface area contributed by atoms with E-state index < -0.39 is 11.7 Å². The van der Waals surface area contributed by atoms with E-state index in [1.165, 1.54) is 12.3 Å². The highest BCUT2D eigenvalue weighted by Crippen LogP contribution is 2.35. The number of carbonyl (C=O) groups is 1. The monoisotopic (exact) mass is 280 g/mol. The molecule has 1 atom stereocenters. The number of hydrazine groups is 1. The lowest BCUT2D eigenvalue weighted by molar-refractivity contribution is 0.0898. The Hall–Kier alpha value is -1.69. The zero-order valence-corrected chi connectivity index (χ0v) is 11.9. The van der Waals surface area contributed by atoms with Crippen LogP contribution in [0.5, 0.6) is 0 Å². The number of nitrogens with two attached hydrogens (primary N) is 1. The Labute approximate surface area is 118 Å². The third-order valence-corrected chi connectivity index (χ3v) is 3.81. The average molecular weight is 280 g/mol. The summed E-state index contributed by atoms with van der Waals surface area (Å²) in [6.07, 6.45) is 5.44. The molecule has 0 radical (unpaired) electrons. The van der Waals surface area contributed by atoms with Gasteiger partial charge in [-0.3, -0.25) is 4.79 Å². The van der Waals surface area contributed by atoms with Crippen LogP contribution in [0, 0.1) is 11.2 Å². The van der Waals surface area contributed by atoms with Crippen LogP contribution in [0.25, 0.3) is 0 Å². The second-order valence-corrected chi connectivity index (χ2v) is 6.10. The van der Waals surface area contributed by atoms with Crippen LogP contribution in [0.4, 0.5) is 10.2 Å². The maximum Gasteiger partial charge on any atom is 0.254 e. The molecule has 20 heavy (non-hydrogen) atoms. The van der Waals surface area contributed by atoms with Gasteiger partial charge in [0.15, 0.2) is 11.6 Å². The molecule has 6 heteroatoms. The normalized spacial score (nSPS) is 21.3. The van der Waals surface area contributed by atoms with Crippen LogP contribution in [0.2, 0.25) is 0 Å². The van der Waals surface area contributed by atoms with Gasteiger partial charge in [0.05, 0.1) is 5.56 Å². The minimum Gasteiger partial charge on any atom is -0.349 e. The molecule has 1 aliphatic rings. The summed E-state index contributed by atoms with van der Waals surface area (Å²) in [5.74, 6) is 3.90. The van der Waals surface area contributed by atoms with E-state index in [4.69, 9.17) is 5.84 Å². The first-order chi connectivity index (χ1) is 9.43. The number of amides is 1. The topological polar surface area (TPSA) is 80.0 Å². The molecular weight excluding hydrogens is 259 g/mol. The van der Waals surface area contributed by atoms with Gasteiger partial charge in [0.25, 0.3) is 5.91 Å². The molecule has 1 aromatic heterocycles. The SMILES string of the molecule is CC1(C)CCCC(NC(=O)c2ccnc(NN)c2F)C1. The summed E-state index contributed by atoms with van der Waals surface area (Å²) in [5, 5.41) is 2.91. The molecule has 0 saturated heterocycles.